The van der Waals surface area contributed by atoms with Crippen molar-refractivity contribution in [2.75, 3.05) is 0 Å². The number of rotatable bonds is 3. The normalized spacial score (nSPS) is 28.8. The summed E-state index contributed by atoms with van der Waals surface area (Å²) in [5.41, 5.74) is -0.0326. The zero-order valence-electron chi connectivity index (χ0n) is 12.3. The van der Waals surface area contributed by atoms with E-state index in [4.69, 9.17) is 4.74 Å². The third-order valence-corrected chi connectivity index (χ3v) is 4.36. The second-order valence-electron chi connectivity index (χ2n) is 7.07. The van der Waals surface area contributed by atoms with Gasteiger partial charge < -0.3 is 4.74 Å². The van der Waals surface area contributed by atoms with E-state index in [-0.39, 0.29) is 17.5 Å². The number of hydrogen-bond donors (Lipinski definition) is 0. The molecule has 2 unspecified atom stereocenters. The molecule has 2 nitrogen and oxygen atoms in total. The van der Waals surface area contributed by atoms with E-state index in [2.05, 4.69) is 20.8 Å². The quantitative estimate of drug-likeness (QED) is 0.692. The molecule has 17 heavy (non-hydrogen) atoms. The van der Waals surface area contributed by atoms with Crippen LogP contribution in [0.15, 0.2) is 0 Å². The van der Waals surface area contributed by atoms with E-state index < -0.39 is 0 Å². The van der Waals surface area contributed by atoms with Gasteiger partial charge in [-0.05, 0) is 50.9 Å². The number of hydrogen-bond acceptors (Lipinski definition) is 2. The molecule has 0 amide bonds. The van der Waals surface area contributed by atoms with Crippen LogP contribution in [0.4, 0.5) is 0 Å². The molecule has 2 atom stereocenters. The molecule has 0 N–H and O–H groups in total. The Morgan fingerprint density at radius 3 is 2.53 bits per heavy atom. The van der Waals surface area contributed by atoms with Gasteiger partial charge in [0.05, 0.1) is 5.41 Å². The molecule has 0 aliphatic heterocycles. The summed E-state index contributed by atoms with van der Waals surface area (Å²) in [7, 11) is 0. The van der Waals surface area contributed by atoms with Gasteiger partial charge in [-0.2, -0.15) is 0 Å². The minimum Gasteiger partial charge on any atom is -0.462 e. The van der Waals surface area contributed by atoms with Gasteiger partial charge in [0.2, 0.25) is 0 Å². The molecule has 1 fully saturated rings. The number of carbonyl (C=O) groups excluding carboxylic acids is 1. The largest absolute Gasteiger partial charge is 0.462 e. The minimum atomic E-state index is -0.346. The Hall–Kier alpha value is -0.530. The number of ether oxygens (including phenoxy) is 1. The Morgan fingerprint density at radius 2 is 2.00 bits per heavy atom. The SMILES string of the molecule is CCC(C)(C)C(=O)OC1CC(C)(C)CCC1C. The van der Waals surface area contributed by atoms with Crippen molar-refractivity contribution in [1.82, 2.24) is 0 Å². The summed E-state index contributed by atoms with van der Waals surface area (Å²) >= 11 is 0. The molecule has 1 aliphatic rings. The molecule has 1 aliphatic carbocycles. The van der Waals surface area contributed by atoms with Crippen LogP contribution >= 0.6 is 0 Å². The van der Waals surface area contributed by atoms with Gasteiger partial charge in [0, 0.05) is 0 Å². The summed E-state index contributed by atoms with van der Waals surface area (Å²) in [5, 5.41) is 0. The maximum Gasteiger partial charge on any atom is 0.311 e. The highest BCUT2D eigenvalue weighted by molar-refractivity contribution is 5.76. The lowest BCUT2D eigenvalue weighted by atomic mass is 9.72. The summed E-state index contributed by atoms with van der Waals surface area (Å²) < 4.78 is 5.76. The Bertz CT molecular complexity index is 279. The van der Waals surface area contributed by atoms with Gasteiger partial charge in [-0.3, -0.25) is 4.79 Å². The molecule has 0 aromatic carbocycles. The van der Waals surface area contributed by atoms with Crippen LogP contribution in [-0.2, 0) is 9.53 Å². The van der Waals surface area contributed by atoms with Crippen molar-refractivity contribution >= 4 is 5.97 Å². The molecule has 0 saturated heterocycles. The average Bonchev–Trinajstić information content (AvgIpc) is 2.23. The fraction of sp³-hybridized carbons (Fsp3) is 0.933. The van der Waals surface area contributed by atoms with Gasteiger partial charge in [0.1, 0.15) is 6.10 Å². The van der Waals surface area contributed by atoms with Crippen molar-refractivity contribution in [3.63, 3.8) is 0 Å². The van der Waals surface area contributed by atoms with Crippen molar-refractivity contribution in [2.24, 2.45) is 16.7 Å². The van der Waals surface area contributed by atoms with Crippen molar-refractivity contribution in [3.05, 3.63) is 0 Å². The molecule has 100 valence electrons. The first kappa shape index (κ1) is 14.5. The molecule has 2 heteroatoms. The molecule has 1 rings (SSSR count). The highest BCUT2D eigenvalue weighted by atomic mass is 16.5. The van der Waals surface area contributed by atoms with E-state index in [1.165, 1.54) is 6.42 Å². The lowest BCUT2D eigenvalue weighted by Gasteiger charge is -2.39. The second kappa shape index (κ2) is 4.99. The van der Waals surface area contributed by atoms with E-state index >= 15 is 0 Å². The molecular formula is C15H28O2. The highest BCUT2D eigenvalue weighted by Crippen LogP contribution is 2.40. The summed E-state index contributed by atoms with van der Waals surface area (Å²) in [5.74, 6) is 0.467. The zero-order valence-corrected chi connectivity index (χ0v) is 12.3. The van der Waals surface area contributed by atoms with Gasteiger partial charge in [-0.15, -0.1) is 0 Å². The van der Waals surface area contributed by atoms with Crippen molar-refractivity contribution < 1.29 is 9.53 Å². The molecule has 0 aromatic heterocycles. The van der Waals surface area contributed by atoms with Crippen molar-refractivity contribution in [1.29, 1.82) is 0 Å². The monoisotopic (exact) mass is 240 g/mol. The topological polar surface area (TPSA) is 26.3 Å². The first-order valence-corrected chi connectivity index (χ1v) is 6.89. The molecule has 0 heterocycles. The Kier molecular flexibility index (Phi) is 4.27. The van der Waals surface area contributed by atoms with Crippen LogP contribution in [-0.4, -0.2) is 12.1 Å². The standard InChI is InChI=1S/C15H28O2/c1-7-15(5,6)13(16)17-12-10-14(3,4)9-8-11(12)2/h11-12H,7-10H2,1-6H3. The van der Waals surface area contributed by atoms with Crippen molar-refractivity contribution in [2.45, 2.75) is 73.3 Å². The summed E-state index contributed by atoms with van der Waals surface area (Å²) in [6, 6.07) is 0. The fourth-order valence-electron chi connectivity index (χ4n) is 2.25. The van der Waals surface area contributed by atoms with E-state index in [0.717, 1.165) is 19.3 Å². The fourth-order valence-corrected chi connectivity index (χ4v) is 2.25. The van der Waals surface area contributed by atoms with Crippen LogP contribution in [0, 0.1) is 16.7 Å². The summed E-state index contributed by atoms with van der Waals surface area (Å²) in [6.07, 6.45) is 4.34. The lowest BCUT2D eigenvalue weighted by molar-refractivity contribution is -0.166. The second-order valence-corrected chi connectivity index (χ2v) is 7.07. The predicted octanol–water partition coefficient (Wildman–Crippen LogP) is 4.18. The van der Waals surface area contributed by atoms with Gasteiger partial charge >= 0.3 is 5.97 Å². The van der Waals surface area contributed by atoms with E-state index in [1.807, 2.05) is 20.8 Å². The Morgan fingerprint density at radius 1 is 1.41 bits per heavy atom. The third-order valence-electron chi connectivity index (χ3n) is 4.36. The van der Waals surface area contributed by atoms with Crippen LogP contribution < -0.4 is 0 Å². The van der Waals surface area contributed by atoms with Crippen LogP contribution in [0.1, 0.15) is 67.2 Å². The molecule has 0 aromatic rings. The molecular weight excluding hydrogens is 212 g/mol. The first-order valence-electron chi connectivity index (χ1n) is 6.89. The van der Waals surface area contributed by atoms with Gasteiger partial charge in [0.15, 0.2) is 0 Å². The minimum absolute atomic E-state index is 0.0328. The average molecular weight is 240 g/mol. The van der Waals surface area contributed by atoms with E-state index in [9.17, 15) is 4.79 Å². The van der Waals surface area contributed by atoms with Gasteiger partial charge in [-0.1, -0.05) is 27.7 Å². The van der Waals surface area contributed by atoms with E-state index in [1.54, 1.807) is 0 Å². The van der Waals surface area contributed by atoms with Crippen LogP contribution in [0.25, 0.3) is 0 Å². The van der Waals surface area contributed by atoms with Crippen LogP contribution in [0.5, 0.6) is 0 Å². The molecule has 1 saturated carbocycles. The van der Waals surface area contributed by atoms with Crippen molar-refractivity contribution in [3.8, 4) is 0 Å². The number of carbonyl (C=O) groups is 1. The third kappa shape index (κ3) is 3.72. The predicted molar refractivity (Wildman–Crippen MR) is 70.7 cm³/mol. The molecule has 0 radical (unpaired) electrons. The summed E-state index contributed by atoms with van der Waals surface area (Å²) in [6.45, 7) is 12.7. The smallest absolute Gasteiger partial charge is 0.311 e. The van der Waals surface area contributed by atoms with Gasteiger partial charge in [-0.25, -0.2) is 0 Å². The first-order chi connectivity index (χ1) is 7.68. The number of esters is 1. The maximum atomic E-state index is 12.1. The Balaban J connectivity index is 2.64. The maximum absolute atomic E-state index is 12.1. The van der Waals surface area contributed by atoms with E-state index in [0.29, 0.717) is 11.3 Å². The van der Waals surface area contributed by atoms with Crippen LogP contribution in [0.2, 0.25) is 0 Å². The zero-order chi connectivity index (χ0) is 13.3. The highest BCUT2D eigenvalue weighted by Gasteiger charge is 2.37. The lowest BCUT2D eigenvalue weighted by Crippen LogP contribution is -2.39. The molecule has 0 spiro atoms. The Labute approximate surface area is 106 Å². The molecule has 0 bridgehead atoms. The van der Waals surface area contributed by atoms with Crippen LogP contribution in [0.3, 0.4) is 0 Å². The summed E-state index contributed by atoms with van der Waals surface area (Å²) in [4.78, 5) is 12.1. The van der Waals surface area contributed by atoms with Gasteiger partial charge in [0.25, 0.3) is 0 Å².